The molecule has 3 rings (SSSR count). The van der Waals surface area contributed by atoms with Gasteiger partial charge in [-0.2, -0.15) is 5.10 Å². The molecule has 6 nitrogen and oxygen atoms in total. The minimum Gasteiger partial charge on any atom is -0.466 e. The van der Waals surface area contributed by atoms with E-state index in [9.17, 15) is 0 Å². The predicted molar refractivity (Wildman–Crippen MR) is 83.7 cm³/mol. The molecule has 0 bridgehead atoms. The van der Waals surface area contributed by atoms with E-state index in [0.717, 1.165) is 48.8 Å². The zero-order valence-electron chi connectivity index (χ0n) is 13.1. The number of nitrogens with zero attached hydrogens (tertiary/aromatic N) is 3. The van der Waals surface area contributed by atoms with Crippen molar-refractivity contribution in [1.82, 2.24) is 15.2 Å². The van der Waals surface area contributed by atoms with Crippen molar-refractivity contribution in [2.75, 3.05) is 18.5 Å². The number of ether oxygens (including phenoxy) is 1. The average Bonchev–Trinajstić information content (AvgIpc) is 2.87. The Morgan fingerprint density at radius 3 is 2.95 bits per heavy atom. The molecule has 1 unspecified atom stereocenters. The molecule has 2 aromatic heterocycles. The predicted octanol–water partition coefficient (Wildman–Crippen LogP) is 3.12. The Morgan fingerprint density at radius 1 is 1.32 bits per heavy atom. The maximum atomic E-state index is 5.72. The Bertz CT molecular complexity index is 620. The summed E-state index contributed by atoms with van der Waals surface area (Å²) >= 11 is 0. The van der Waals surface area contributed by atoms with Crippen LogP contribution in [0.2, 0.25) is 0 Å². The van der Waals surface area contributed by atoms with Gasteiger partial charge in [-0.05, 0) is 45.6 Å². The Hall–Kier alpha value is -1.95. The summed E-state index contributed by atoms with van der Waals surface area (Å²) in [7, 11) is 0. The lowest BCUT2D eigenvalue weighted by molar-refractivity contribution is 0.0134. The third kappa shape index (κ3) is 3.62. The number of aryl methyl sites for hydroxylation is 2. The Morgan fingerprint density at radius 2 is 2.23 bits per heavy atom. The van der Waals surface area contributed by atoms with Crippen LogP contribution in [0.15, 0.2) is 16.7 Å². The fraction of sp³-hybridized carbons (Fsp3) is 0.562. The Balaban J connectivity index is 1.60. The second-order valence-electron chi connectivity index (χ2n) is 5.70. The molecule has 118 valence electrons. The number of hydrogen-bond acceptors (Lipinski definition) is 6. The molecule has 0 amide bonds. The van der Waals surface area contributed by atoms with Gasteiger partial charge in [0.2, 0.25) is 5.95 Å². The van der Waals surface area contributed by atoms with Crippen LogP contribution in [0.3, 0.4) is 0 Å². The fourth-order valence-corrected chi connectivity index (χ4v) is 2.77. The number of furan rings is 1. The van der Waals surface area contributed by atoms with E-state index >= 15 is 0 Å². The lowest BCUT2D eigenvalue weighted by atomic mass is 10.1. The summed E-state index contributed by atoms with van der Waals surface area (Å²) in [5, 5.41) is 11.3. The van der Waals surface area contributed by atoms with Crippen LogP contribution in [-0.4, -0.2) is 34.4 Å². The van der Waals surface area contributed by atoms with E-state index in [1.54, 1.807) is 6.20 Å². The molecule has 6 heteroatoms. The molecule has 0 aliphatic carbocycles. The smallest absolute Gasteiger partial charge is 0.243 e. The molecule has 3 heterocycles. The van der Waals surface area contributed by atoms with Crippen molar-refractivity contribution in [3.8, 4) is 11.3 Å². The van der Waals surface area contributed by atoms with Gasteiger partial charge in [0, 0.05) is 18.7 Å². The lowest BCUT2D eigenvalue weighted by Crippen LogP contribution is -2.22. The third-order valence-corrected chi connectivity index (χ3v) is 3.90. The van der Waals surface area contributed by atoms with Gasteiger partial charge in [0.1, 0.15) is 11.5 Å². The summed E-state index contributed by atoms with van der Waals surface area (Å²) in [5.74, 6) is 2.26. The first-order valence-electron chi connectivity index (χ1n) is 7.85. The van der Waals surface area contributed by atoms with Crippen LogP contribution in [0.5, 0.6) is 0 Å². The second kappa shape index (κ2) is 6.87. The van der Waals surface area contributed by atoms with Gasteiger partial charge in [0.05, 0.1) is 18.0 Å². The first-order chi connectivity index (χ1) is 10.7. The zero-order chi connectivity index (χ0) is 15.4. The highest BCUT2D eigenvalue weighted by molar-refractivity contribution is 5.61. The van der Waals surface area contributed by atoms with Crippen LogP contribution in [0.25, 0.3) is 11.3 Å². The quantitative estimate of drug-likeness (QED) is 0.915. The highest BCUT2D eigenvalue weighted by atomic mass is 16.5. The molecule has 1 N–H and O–H groups in total. The van der Waals surface area contributed by atoms with E-state index in [0.29, 0.717) is 12.1 Å². The van der Waals surface area contributed by atoms with Crippen LogP contribution in [0, 0.1) is 13.8 Å². The van der Waals surface area contributed by atoms with Gasteiger partial charge >= 0.3 is 0 Å². The standard InChI is InChI=1S/C16H22N4O2/c1-11-9-14(12(2)22-11)15-10-18-20-16(19-15)17-7-6-13-5-3-4-8-21-13/h9-10,13H,3-8H2,1-2H3,(H,17,19,20). The molecule has 0 spiro atoms. The van der Waals surface area contributed by atoms with Crippen LogP contribution >= 0.6 is 0 Å². The van der Waals surface area contributed by atoms with Gasteiger partial charge in [-0.25, -0.2) is 4.98 Å². The van der Waals surface area contributed by atoms with Crippen molar-refractivity contribution in [3.05, 3.63) is 23.8 Å². The third-order valence-electron chi connectivity index (χ3n) is 3.90. The molecule has 1 aliphatic rings. The van der Waals surface area contributed by atoms with Crippen LogP contribution in [-0.2, 0) is 4.74 Å². The van der Waals surface area contributed by atoms with Crippen molar-refractivity contribution >= 4 is 5.95 Å². The minimum atomic E-state index is 0.358. The SMILES string of the molecule is Cc1cc(-c2cnnc(NCCC3CCCCO3)n2)c(C)o1. The van der Waals surface area contributed by atoms with E-state index in [1.807, 2.05) is 19.9 Å². The molecule has 1 aliphatic heterocycles. The summed E-state index contributed by atoms with van der Waals surface area (Å²) < 4.78 is 11.3. The van der Waals surface area contributed by atoms with Gasteiger partial charge in [-0.1, -0.05) is 0 Å². The van der Waals surface area contributed by atoms with Gasteiger partial charge in [-0.3, -0.25) is 0 Å². The fourth-order valence-electron chi connectivity index (χ4n) is 2.77. The van der Waals surface area contributed by atoms with E-state index in [-0.39, 0.29) is 0 Å². The monoisotopic (exact) mass is 302 g/mol. The van der Waals surface area contributed by atoms with Gasteiger partial charge in [0.25, 0.3) is 0 Å². The topological polar surface area (TPSA) is 73.1 Å². The van der Waals surface area contributed by atoms with Crippen LogP contribution < -0.4 is 5.32 Å². The summed E-state index contributed by atoms with van der Waals surface area (Å²) in [4.78, 5) is 4.51. The molecular weight excluding hydrogens is 280 g/mol. The normalized spacial score (nSPS) is 18.4. The molecule has 2 aromatic rings. The molecular formula is C16H22N4O2. The molecule has 22 heavy (non-hydrogen) atoms. The van der Waals surface area contributed by atoms with Gasteiger partial charge in [-0.15, -0.1) is 5.10 Å². The van der Waals surface area contributed by atoms with Crippen molar-refractivity contribution < 1.29 is 9.15 Å². The minimum absolute atomic E-state index is 0.358. The van der Waals surface area contributed by atoms with Crippen molar-refractivity contribution in [3.63, 3.8) is 0 Å². The molecule has 1 atom stereocenters. The summed E-state index contributed by atoms with van der Waals surface area (Å²) in [6, 6.07) is 1.97. The molecule has 0 saturated carbocycles. The highest BCUT2D eigenvalue weighted by Gasteiger charge is 2.14. The molecule has 0 radical (unpaired) electrons. The first kappa shape index (κ1) is 15.0. The lowest BCUT2D eigenvalue weighted by Gasteiger charge is -2.22. The first-order valence-corrected chi connectivity index (χ1v) is 7.85. The number of hydrogen-bond donors (Lipinski definition) is 1. The number of rotatable bonds is 5. The van der Waals surface area contributed by atoms with Gasteiger partial charge in [0.15, 0.2) is 0 Å². The second-order valence-corrected chi connectivity index (χ2v) is 5.70. The number of nitrogens with one attached hydrogen (secondary N) is 1. The summed E-state index contributed by atoms with van der Waals surface area (Å²) in [5.41, 5.74) is 1.74. The molecule has 1 saturated heterocycles. The summed E-state index contributed by atoms with van der Waals surface area (Å²) in [6.07, 6.45) is 6.58. The van der Waals surface area contributed by atoms with Crippen molar-refractivity contribution in [2.45, 2.75) is 45.6 Å². The molecule has 1 fully saturated rings. The zero-order valence-corrected chi connectivity index (χ0v) is 13.1. The highest BCUT2D eigenvalue weighted by Crippen LogP contribution is 2.24. The van der Waals surface area contributed by atoms with Crippen LogP contribution in [0.4, 0.5) is 5.95 Å². The van der Waals surface area contributed by atoms with E-state index < -0.39 is 0 Å². The Kier molecular flexibility index (Phi) is 4.68. The van der Waals surface area contributed by atoms with Crippen molar-refractivity contribution in [1.29, 1.82) is 0 Å². The van der Waals surface area contributed by atoms with Gasteiger partial charge < -0.3 is 14.5 Å². The number of anilines is 1. The Labute approximate surface area is 130 Å². The largest absolute Gasteiger partial charge is 0.466 e. The molecule has 0 aromatic carbocycles. The summed E-state index contributed by atoms with van der Waals surface area (Å²) in [6.45, 7) is 5.53. The van der Waals surface area contributed by atoms with E-state index in [2.05, 4.69) is 20.5 Å². The number of aromatic nitrogens is 3. The van der Waals surface area contributed by atoms with Crippen molar-refractivity contribution in [2.24, 2.45) is 0 Å². The maximum absolute atomic E-state index is 5.72. The average molecular weight is 302 g/mol. The van der Waals surface area contributed by atoms with E-state index in [4.69, 9.17) is 9.15 Å². The van der Waals surface area contributed by atoms with E-state index in [1.165, 1.54) is 12.8 Å². The van der Waals surface area contributed by atoms with Crippen LogP contribution in [0.1, 0.15) is 37.2 Å². The maximum Gasteiger partial charge on any atom is 0.243 e.